The molecule has 0 saturated heterocycles. The lowest BCUT2D eigenvalue weighted by atomic mass is 10.2. The van der Waals surface area contributed by atoms with Gasteiger partial charge in [-0.2, -0.15) is 0 Å². The van der Waals surface area contributed by atoms with Crippen LogP contribution in [0.25, 0.3) is 17.3 Å². The molecule has 0 spiro atoms. The Morgan fingerprint density at radius 2 is 1.94 bits per heavy atom. The number of nitrogens with one attached hydrogen (secondary N) is 1. The van der Waals surface area contributed by atoms with Crippen LogP contribution in [0.3, 0.4) is 0 Å². The Morgan fingerprint density at radius 1 is 1.09 bits per heavy atom. The SMILES string of the molecule is Cc1nc(COc2cccc(/C=C/C(=O)NC(C)c3nc(-c4ccccc4)cs3)c2)cs1. The minimum atomic E-state index is -0.175. The summed E-state index contributed by atoms with van der Waals surface area (Å²) in [5.74, 6) is 0.570. The highest BCUT2D eigenvalue weighted by atomic mass is 32.1. The highest BCUT2D eigenvalue weighted by Crippen LogP contribution is 2.25. The Kier molecular flexibility index (Phi) is 7.09. The van der Waals surface area contributed by atoms with Crippen LogP contribution in [0, 0.1) is 6.92 Å². The molecular weight excluding hydrogens is 438 g/mol. The molecule has 162 valence electrons. The standard InChI is InChI=1S/C25H23N3O2S2/c1-17(25-28-23(16-32-25)20-8-4-3-5-9-20)26-24(29)12-11-19-7-6-10-22(13-19)30-14-21-15-31-18(2)27-21/h3-13,15-17H,14H2,1-2H3,(H,26,29)/b12-11+. The van der Waals surface area contributed by atoms with E-state index in [0.717, 1.165) is 38.3 Å². The molecule has 0 aliphatic rings. The van der Waals surface area contributed by atoms with Crippen LogP contribution < -0.4 is 10.1 Å². The maximum atomic E-state index is 12.4. The van der Waals surface area contributed by atoms with E-state index in [4.69, 9.17) is 4.74 Å². The molecule has 0 radical (unpaired) electrons. The number of hydrogen-bond acceptors (Lipinski definition) is 6. The molecule has 1 amide bonds. The second kappa shape index (κ2) is 10.3. The number of rotatable bonds is 8. The number of thiazole rings is 2. The van der Waals surface area contributed by atoms with Gasteiger partial charge in [-0.15, -0.1) is 22.7 Å². The van der Waals surface area contributed by atoms with Gasteiger partial charge in [0.2, 0.25) is 5.91 Å². The topological polar surface area (TPSA) is 64.1 Å². The van der Waals surface area contributed by atoms with Crippen molar-refractivity contribution < 1.29 is 9.53 Å². The summed E-state index contributed by atoms with van der Waals surface area (Å²) < 4.78 is 5.82. The van der Waals surface area contributed by atoms with E-state index < -0.39 is 0 Å². The quantitative estimate of drug-likeness (QED) is 0.325. The number of hydrogen-bond donors (Lipinski definition) is 1. The Labute approximate surface area is 195 Å². The minimum absolute atomic E-state index is 0.168. The molecule has 5 nitrogen and oxygen atoms in total. The predicted molar refractivity (Wildman–Crippen MR) is 131 cm³/mol. The number of aryl methyl sites for hydroxylation is 1. The van der Waals surface area contributed by atoms with E-state index in [1.54, 1.807) is 28.7 Å². The van der Waals surface area contributed by atoms with Gasteiger partial charge in [-0.25, -0.2) is 9.97 Å². The molecule has 7 heteroatoms. The van der Waals surface area contributed by atoms with Gasteiger partial charge >= 0.3 is 0 Å². The second-order valence-corrected chi connectivity index (χ2v) is 9.17. The fraction of sp³-hybridized carbons (Fsp3) is 0.160. The molecule has 2 heterocycles. The summed E-state index contributed by atoms with van der Waals surface area (Å²) in [6.07, 6.45) is 3.31. The van der Waals surface area contributed by atoms with E-state index >= 15 is 0 Å². The van der Waals surface area contributed by atoms with Gasteiger partial charge in [0.05, 0.1) is 22.4 Å². The van der Waals surface area contributed by atoms with E-state index in [0.29, 0.717) is 6.61 Å². The molecule has 2 aromatic carbocycles. The lowest BCUT2D eigenvalue weighted by Crippen LogP contribution is -2.24. The molecule has 0 aliphatic heterocycles. The van der Waals surface area contributed by atoms with Gasteiger partial charge in [-0.05, 0) is 37.6 Å². The Morgan fingerprint density at radius 3 is 2.72 bits per heavy atom. The maximum Gasteiger partial charge on any atom is 0.244 e. The lowest BCUT2D eigenvalue weighted by molar-refractivity contribution is -0.117. The first-order chi connectivity index (χ1) is 15.6. The van der Waals surface area contributed by atoms with Gasteiger partial charge in [-0.3, -0.25) is 4.79 Å². The van der Waals surface area contributed by atoms with Crippen molar-refractivity contribution in [3.63, 3.8) is 0 Å². The first kappa shape index (κ1) is 21.9. The summed E-state index contributed by atoms with van der Waals surface area (Å²) in [7, 11) is 0. The van der Waals surface area contributed by atoms with Crippen LogP contribution in [0.15, 0.2) is 71.4 Å². The maximum absolute atomic E-state index is 12.4. The molecule has 0 aliphatic carbocycles. The van der Waals surface area contributed by atoms with Crippen molar-refractivity contribution in [2.24, 2.45) is 0 Å². The highest BCUT2D eigenvalue weighted by Gasteiger charge is 2.13. The summed E-state index contributed by atoms with van der Waals surface area (Å²) in [4.78, 5) is 21.5. The summed E-state index contributed by atoms with van der Waals surface area (Å²) in [6, 6.07) is 17.5. The molecule has 2 aromatic heterocycles. The van der Waals surface area contributed by atoms with Crippen molar-refractivity contribution in [1.82, 2.24) is 15.3 Å². The Balaban J connectivity index is 1.32. The smallest absolute Gasteiger partial charge is 0.244 e. The number of ether oxygens (including phenoxy) is 1. The zero-order chi connectivity index (χ0) is 22.3. The third kappa shape index (κ3) is 5.90. The molecule has 1 unspecified atom stereocenters. The summed E-state index contributed by atoms with van der Waals surface area (Å²) in [5, 5.41) is 8.89. The van der Waals surface area contributed by atoms with Gasteiger partial charge in [0, 0.05) is 22.4 Å². The van der Waals surface area contributed by atoms with E-state index in [1.165, 1.54) is 6.08 Å². The van der Waals surface area contributed by atoms with Crippen molar-refractivity contribution in [2.45, 2.75) is 26.5 Å². The predicted octanol–water partition coefficient (Wildman–Crippen LogP) is 6.04. The van der Waals surface area contributed by atoms with Crippen LogP contribution >= 0.6 is 22.7 Å². The van der Waals surface area contributed by atoms with Crippen molar-refractivity contribution in [3.8, 4) is 17.0 Å². The van der Waals surface area contributed by atoms with E-state index in [2.05, 4.69) is 15.3 Å². The summed E-state index contributed by atoms with van der Waals surface area (Å²) in [5.41, 5.74) is 3.80. The van der Waals surface area contributed by atoms with Crippen LogP contribution in [-0.4, -0.2) is 15.9 Å². The van der Waals surface area contributed by atoms with E-state index in [-0.39, 0.29) is 11.9 Å². The fourth-order valence-electron chi connectivity index (χ4n) is 3.06. The van der Waals surface area contributed by atoms with Gasteiger partial charge in [-0.1, -0.05) is 42.5 Å². The van der Waals surface area contributed by atoms with E-state index in [9.17, 15) is 4.79 Å². The molecule has 4 rings (SSSR count). The second-order valence-electron chi connectivity index (χ2n) is 7.22. The van der Waals surface area contributed by atoms with Crippen LogP contribution in [0.1, 0.15) is 34.2 Å². The largest absolute Gasteiger partial charge is 0.487 e. The minimum Gasteiger partial charge on any atom is -0.487 e. The third-order valence-corrected chi connectivity index (χ3v) is 6.51. The van der Waals surface area contributed by atoms with Crippen LogP contribution in [0.5, 0.6) is 5.75 Å². The number of amides is 1. The van der Waals surface area contributed by atoms with E-state index in [1.807, 2.05) is 79.2 Å². The Hall–Kier alpha value is -3.29. The summed E-state index contributed by atoms with van der Waals surface area (Å²) >= 11 is 3.15. The monoisotopic (exact) mass is 461 g/mol. The van der Waals surface area contributed by atoms with Gasteiger partial charge in [0.1, 0.15) is 17.4 Å². The zero-order valence-electron chi connectivity index (χ0n) is 17.8. The molecule has 4 aromatic rings. The first-order valence-corrected chi connectivity index (χ1v) is 12.0. The fourth-order valence-corrected chi connectivity index (χ4v) is 4.50. The average molecular weight is 462 g/mol. The van der Waals surface area contributed by atoms with Crippen molar-refractivity contribution >= 4 is 34.7 Å². The normalized spacial score (nSPS) is 12.1. The van der Waals surface area contributed by atoms with Crippen LogP contribution in [-0.2, 0) is 11.4 Å². The van der Waals surface area contributed by atoms with Crippen molar-refractivity contribution in [1.29, 1.82) is 0 Å². The van der Waals surface area contributed by atoms with Crippen molar-refractivity contribution in [3.05, 3.63) is 92.7 Å². The third-order valence-electron chi connectivity index (χ3n) is 4.66. The molecule has 1 N–H and O–H groups in total. The average Bonchev–Trinajstić information content (AvgIpc) is 3.47. The van der Waals surface area contributed by atoms with Gasteiger partial charge in [0.25, 0.3) is 0 Å². The van der Waals surface area contributed by atoms with Gasteiger partial charge in [0.15, 0.2) is 0 Å². The molecule has 32 heavy (non-hydrogen) atoms. The lowest BCUT2D eigenvalue weighted by Gasteiger charge is -2.09. The first-order valence-electron chi connectivity index (χ1n) is 10.2. The number of carbonyl (C=O) groups is 1. The van der Waals surface area contributed by atoms with Crippen molar-refractivity contribution in [2.75, 3.05) is 0 Å². The molecule has 0 bridgehead atoms. The Bertz CT molecular complexity index is 1210. The number of benzene rings is 2. The number of nitrogens with zero attached hydrogens (tertiary/aromatic N) is 2. The number of carbonyl (C=O) groups excluding carboxylic acids is 1. The molecule has 1 atom stereocenters. The number of aromatic nitrogens is 2. The van der Waals surface area contributed by atoms with Gasteiger partial charge < -0.3 is 10.1 Å². The molecular formula is C25H23N3O2S2. The zero-order valence-corrected chi connectivity index (χ0v) is 19.5. The van der Waals surface area contributed by atoms with Crippen LogP contribution in [0.2, 0.25) is 0 Å². The summed E-state index contributed by atoms with van der Waals surface area (Å²) in [6.45, 7) is 4.34. The highest BCUT2D eigenvalue weighted by molar-refractivity contribution is 7.10. The molecule has 0 saturated carbocycles. The van der Waals surface area contributed by atoms with Crippen LogP contribution in [0.4, 0.5) is 0 Å². The molecule has 0 fully saturated rings.